The first-order chi connectivity index (χ1) is 5.83. The first-order valence-corrected chi connectivity index (χ1v) is 5.09. The van der Waals surface area contributed by atoms with E-state index in [0.29, 0.717) is 5.41 Å². The minimum absolute atomic E-state index is 0.107. The summed E-state index contributed by atoms with van der Waals surface area (Å²) in [6.45, 7) is 8.27. The van der Waals surface area contributed by atoms with Gasteiger partial charge in [-0.1, -0.05) is 33.6 Å². The van der Waals surface area contributed by atoms with Gasteiger partial charge in [0.15, 0.2) is 0 Å². The third-order valence-corrected chi connectivity index (χ3v) is 2.21. The molecule has 0 heterocycles. The lowest BCUT2D eigenvalue weighted by Crippen LogP contribution is -2.27. The van der Waals surface area contributed by atoms with Crippen molar-refractivity contribution in [2.24, 2.45) is 11.1 Å². The van der Waals surface area contributed by atoms with Gasteiger partial charge in [-0.3, -0.25) is 4.79 Å². The monoisotopic (exact) mass is 185 g/mol. The van der Waals surface area contributed by atoms with E-state index in [9.17, 15) is 4.79 Å². The van der Waals surface area contributed by atoms with Crippen molar-refractivity contribution < 1.29 is 4.79 Å². The Balaban J connectivity index is 3.41. The molecule has 2 nitrogen and oxygen atoms in total. The van der Waals surface area contributed by atoms with Crippen molar-refractivity contribution in [3.05, 3.63) is 0 Å². The molecule has 1 unspecified atom stereocenters. The van der Waals surface area contributed by atoms with Crippen molar-refractivity contribution in [2.45, 2.75) is 59.4 Å². The highest BCUT2D eigenvalue weighted by atomic mass is 16.1. The van der Waals surface area contributed by atoms with E-state index < -0.39 is 0 Å². The number of nitrogens with two attached hydrogens (primary N) is 1. The van der Waals surface area contributed by atoms with Crippen LogP contribution in [0.15, 0.2) is 0 Å². The van der Waals surface area contributed by atoms with Crippen LogP contribution in [0.5, 0.6) is 0 Å². The normalized spacial score (nSPS) is 14.2. The molecule has 0 saturated heterocycles. The number of hydrogen-bond acceptors (Lipinski definition) is 2. The maximum absolute atomic E-state index is 10.8. The Hall–Kier alpha value is -0.370. The average molecular weight is 185 g/mol. The van der Waals surface area contributed by atoms with Gasteiger partial charge in [-0.15, -0.1) is 0 Å². The van der Waals surface area contributed by atoms with Crippen LogP contribution in [-0.2, 0) is 4.79 Å². The zero-order valence-electron chi connectivity index (χ0n) is 9.39. The van der Waals surface area contributed by atoms with Crippen LogP contribution in [0.1, 0.15) is 53.4 Å². The Morgan fingerprint density at radius 1 is 1.31 bits per heavy atom. The minimum Gasteiger partial charge on any atom is -0.322 e. The molecule has 0 aromatic carbocycles. The fourth-order valence-corrected chi connectivity index (χ4v) is 1.22. The molecule has 0 aromatic rings. The summed E-state index contributed by atoms with van der Waals surface area (Å²) in [5.74, 6) is 0.107. The zero-order valence-corrected chi connectivity index (χ0v) is 9.39. The molecule has 0 saturated carbocycles. The van der Waals surface area contributed by atoms with Crippen LogP contribution in [-0.4, -0.2) is 11.8 Å². The van der Waals surface area contributed by atoms with Gasteiger partial charge < -0.3 is 5.73 Å². The largest absolute Gasteiger partial charge is 0.322 e. The summed E-state index contributed by atoms with van der Waals surface area (Å²) in [5, 5.41) is 0. The van der Waals surface area contributed by atoms with Crippen molar-refractivity contribution in [2.75, 3.05) is 0 Å². The highest BCUT2D eigenvalue weighted by Gasteiger charge is 2.11. The molecule has 0 aliphatic carbocycles. The lowest BCUT2D eigenvalue weighted by atomic mass is 9.89. The number of Topliss-reactive ketones (excluding diaryl/α,β-unsaturated/α-hetero) is 1. The number of hydrogen-bond donors (Lipinski definition) is 1. The van der Waals surface area contributed by atoms with Crippen molar-refractivity contribution >= 4 is 5.78 Å². The lowest BCUT2D eigenvalue weighted by Gasteiger charge is -2.17. The Kier molecular flexibility index (Phi) is 5.23. The van der Waals surface area contributed by atoms with E-state index in [2.05, 4.69) is 20.8 Å². The number of rotatable bonds is 5. The topological polar surface area (TPSA) is 43.1 Å². The summed E-state index contributed by atoms with van der Waals surface area (Å²) in [4.78, 5) is 10.8. The van der Waals surface area contributed by atoms with Crippen LogP contribution in [0.3, 0.4) is 0 Å². The third kappa shape index (κ3) is 7.97. The summed E-state index contributed by atoms with van der Waals surface area (Å²) in [6.07, 6.45) is 4.28. The third-order valence-electron chi connectivity index (χ3n) is 2.21. The quantitative estimate of drug-likeness (QED) is 0.669. The summed E-state index contributed by atoms with van der Waals surface area (Å²) in [7, 11) is 0. The molecule has 0 fully saturated rings. The molecule has 2 N–H and O–H groups in total. The van der Waals surface area contributed by atoms with Crippen LogP contribution in [0.2, 0.25) is 0 Å². The molecule has 0 aromatic heterocycles. The number of ketones is 1. The predicted octanol–water partition coefficient (Wildman–Crippen LogP) is 2.51. The van der Waals surface area contributed by atoms with E-state index in [-0.39, 0.29) is 11.8 Å². The molecular formula is C11H23NO. The van der Waals surface area contributed by atoms with Gasteiger partial charge in [0.05, 0.1) is 6.04 Å². The van der Waals surface area contributed by atoms with Crippen molar-refractivity contribution in [3.63, 3.8) is 0 Å². The van der Waals surface area contributed by atoms with Crippen molar-refractivity contribution in [3.8, 4) is 0 Å². The molecule has 0 aliphatic heterocycles. The molecule has 0 aliphatic rings. The highest BCUT2D eigenvalue weighted by molar-refractivity contribution is 5.80. The summed E-state index contributed by atoms with van der Waals surface area (Å²) in [6, 6.07) is -0.236. The van der Waals surface area contributed by atoms with Gasteiger partial charge in [0.2, 0.25) is 0 Å². The Morgan fingerprint density at radius 2 is 1.85 bits per heavy atom. The number of unbranched alkanes of at least 4 members (excludes halogenated alkanes) is 1. The van der Waals surface area contributed by atoms with E-state index in [1.807, 2.05) is 0 Å². The second-order valence-electron chi connectivity index (χ2n) is 5.02. The SMILES string of the molecule is CC(=O)C(N)CCCCC(C)(C)C. The van der Waals surface area contributed by atoms with Crippen LogP contribution in [0.25, 0.3) is 0 Å². The second-order valence-corrected chi connectivity index (χ2v) is 5.02. The fourth-order valence-electron chi connectivity index (χ4n) is 1.22. The van der Waals surface area contributed by atoms with Gasteiger partial charge in [0.1, 0.15) is 5.78 Å². The van der Waals surface area contributed by atoms with Gasteiger partial charge >= 0.3 is 0 Å². The first-order valence-electron chi connectivity index (χ1n) is 5.09. The van der Waals surface area contributed by atoms with Gasteiger partial charge in [-0.05, 0) is 25.2 Å². The molecule has 0 spiro atoms. The van der Waals surface area contributed by atoms with E-state index in [4.69, 9.17) is 5.73 Å². The highest BCUT2D eigenvalue weighted by Crippen LogP contribution is 2.22. The van der Waals surface area contributed by atoms with Gasteiger partial charge in [0, 0.05) is 0 Å². The van der Waals surface area contributed by atoms with Crippen LogP contribution in [0, 0.1) is 5.41 Å². The van der Waals surface area contributed by atoms with E-state index in [0.717, 1.165) is 12.8 Å². The summed E-state index contributed by atoms with van der Waals surface area (Å²) in [5.41, 5.74) is 6.02. The molecule has 0 rings (SSSR count). The molecule has 2 heteroatoms. The molecular weight excluding hydrogens is 162 g/mol. The van der Waals surface area contributed by atoms with Crippen LogP contribution >= 0.6 is 0 Å². The fraction of sp³-hybridized carbons (Fsp3) is 0.909. The lowest BCUT2D eigenvalue weighted by molar-refractivity contribution is -0.118. The molecule has 0 bridgehead atoms. The molecule has 78 valence electrons. The zero-order chi connectivity index (χ0) is 10.5. The molecule has 0 radical (unpaired) electrons. The number of carbonyl (C=O) groups excluding carboxylic acids is 1. The van der Waals surface area contributed by atoms with Crippen molar-refractivity contribution in [1.82, 2.24) is 0 Å². The van der Waals surface area contributed by atoms with E-state index in [1.165, 1.54) is 12.8 Å². The van der Waals surface area contributed by atoms with E-state index >= 15 is 0 Å². The Bertz CT molecular complexity index is 158. The molecule has 1 atom stereocenters. The molecule has 13 heavy (non-hydrogen) atoms. The van der Waals surface area contributed by atoms with Gasteiger partial charge in [0.25, 0.3) is 0 Å². The van der Waals surface area contributed by atoms with Crippen LogP contribution < -0.4 is 5.73 Å². The van der Waals surface area contributed by atoms with Gasteiger partial charge in [-0.25, -0.2) is 0 Å². The van der Waals surface area contributed by atoms with Crippen molar-refractivity contribution in [1.29, 1.82) is 0 Å². The maximum atomic E-state index is 10.8. The van der Waals surface area contributed by atoms with Gasteiger partial charge in [-0.2, -0.15) is 0 Å². The second kappa shape index (κ2) is 5.38. The first kappa shape index (κ1) is 12.6. The molecule has 0 amide bonds. The minimum atomic E-state index is -0.236. The summed E-state index contributed by atoms with van der Waals surface area (Å²) >= 11 is 0. The smallest absolute Gasteiger partial charge is 0.146 e. The maximum Gasteiger partial charge on any atom is 0.146 e. The Morgan fingerprint density at radius 3 is 2.23 bits per heavy atom. The Labute approximate surface area is 81.9 Å². The predicted molar refractivity (Wildman–Crippen MR) is 56.6 cm³/mol. The number of carbonyl (C=O) groups is 1. The van der Waals surface area contributed by atoms with E-state index in [1.54, 1.807) is 6.92 Å². The summed E-state index contributed by atoms with van der Waals surface area (Å²) < 4.78 is 0. The van der Waals surface area contributed by atoms with Crippen LogP contribution in [0.4, 0.5) is 0 Å². The average Bonchev–Trinajstić information content (AvgIpc) is 1.95. The standard InChI is InChI=1S/C11H23NO/c1-9(13)10(12)7-5-6-8-11(2,3)4/h10H,5-8,12H2,1-4H3.